The van der Waals surface area contributed by atoms with Crippen molar-refractivity contribution in [3.05, 3.63) is 0 Å². The van der Waals surface area contributed by atoms with Crippen molar-refractivity contribution in [3.63, 3.8) is 0 Å². The first-order valence-corrected chi connectivity index (χ1v) is 6.69. The second kappa shape index (κ2) is 5.57. The Morgan fingerprint density at radius 2 is 2.25 bits per heavy atom. The predicted molar refractivity (Wildman–Crippen MR) is 64.3 cm³/mol. The Balaban J connectivity index is 2.72. The number of esters is 1. The maximum Gasteiger partial charge on any atom is 0.332 e. The molecule has 2 atom stereocenters. The lowest BCUT2D eigenvalue weighted by Gasteiger charge is -2.27. The average Bonchev–Trinajstić information content (AvgIpc) is 2.76. The Morgan fingerprint density at radius 3 is 2.69 bits per heavy atom. The van der Waals surface area contributed by atoms with Crippen LogP contribution in [0.3, 0.4) is 0 Å². The number of methoxy groups -OCH3 is 1. The number of carbonyl (C=O) groups is 2. The molecule has 1 aliphatic rings. The van der Waals surface area contributed by atoms with Crippen LogP contribution in [0, 0.1) is 5.92 Å². The van der Waals surface area contributed by atoms with E-state index in [2.05, 4.69) is 5.32 Å². The van der Waals surface area contributed by atoms with Gasteiger partial charge in [0.05, 0.1) is 7.11 Å². The zero-order valence-electron chi connectivity index (χ0n) is 10.0. The number of hydrogen-bond donors (Lipinski definition) is 1. The van der Waals surface area contributed by atoms with E-state index in [0.717, 1.165) is 12.2 Å². The lowest BCUT2D eigenvalue weighted by atomic mass is 9.97. The van der Waals surface area contributed by atoms with Gasteiger partial charge >= 0.3 is 5.97 Å². The van der Waals surface area contributed by atoms with E-state index in [1.165, 1.54) is 7.11 Å². The third-order valence-corrected chi connectivity index (χ3v) is 4.21. The van der Waals surface area contributed by atoms with Crippen molar-refractivity contribution in [2.24, 2.45) is 5.92 Å². The van der Waals surface area contributed by atoms with E-state index in [4.69, 9.17) is 4.74 Å². The van der Waals surface area contributed by atoms with Crippen LogP contribution in [0.15, 0.2) is 0 Å². The van der Waals surface area contributed by atoms with Crippen molar-refractivity contribution in [1.29, 1.82) is 0 Å². The smallest absolute Gasteiger partial charge is 0.332 e. The number of nitrogens with one attached hydrogen (secondary N) is 1. The zero-order valence-corrected chi connectivity index (χ0v) is 10.9. The Hall–Kier alpha value is -0.710. The molecular weight excluding hydrogens is 226 g/mol. The van der Waals surface area contributed by atoms with E-state index in [0.29, 0.717) is 12.2 Å². The number of rotatable bonds is 4. The average molecular weight is 245 g/mol. The fourth-order valence-electron chi connectivity index (χ4n) is 1.62. The molecule has 0 aromatic carbocycles. The van der Waals surface area contributed by atoms with E-state index in [9.17, 15) is 9.59 Å². The topological polar surface area (TPSA) is 55.4 Å². The summed E-state index contributed by atoms with van der Waals surface area (Å²) in [7, 11) is 1.36. The molecule has 1 saturated heterocycles. The third-order valence-electron chi connectivity index (χ3n) is 3.02. The van der Waals surface area contributed by atoms with Gasteiger partial charge in [-0.1, -0.05) is 13.8 Å². The van der Waals surface area contributed by atoms with Gasteiger partial charge in [0.15, 0.2) is 0 Å². The highest BCUT2D eigenvalue weighted by atomic mass is 32.2. The molecular formula is C11H19NO3S. The number of hydrogen-bond acceptors (Lipinski definition) is 4. The molecule has 0 radical (unpaired) electrons. The first-order valence-electron chi connectivity index (χ1n) is 5.54. The van der Waals surface area contributed by atoms with Gasteiger partial charge in [0.2, 0.25) is 5.91 Å². The summed E-state index contributed by atoms with van der Waals surface area (Å²) in [5, 5.41) is 2.86. The van der Waals surface area contributed by atoms with Gasteiger partial charge in [0, 0.05) is 11.7 Å². The van der Waals surface area contributed by atoms with E-state index < -0.39 is 5.54 Å². The van der Waals surface area contributed by atoms with Crippen LogP contribution < -0.4 is 5.32 Å². The van der Waals surface area contributed by atoms with E-state index in [1.807, 2.05) is 13.8 Å². The molecule has 1 rings (SSSR count). The van der Waals surface area contributed by atoms with E-state index in [-0.39, 0.29) is 17.8 Å². The van der Waals surface area contributed by atoms with E-state index >= 15 is 0 Å². The first kappa shape index (κ1) is 13.4. The van der Waals surface area contributed by atoms with Crippen molar-refractivity contribution in [2.45, 2.75) is 32.2 Å². The lowest BCUT2D eigenvalue weighted by Crippen LogP contribution is -2.56. The predicted octanol–water partition coefficient (Wildman–Crippen LogP) is 1.20. The number of ether oxygens (including phenoxy) is 1. The second-order valence-corrected chi connectivity index (χ2v) is 5.28. The minimum atomic E-state index is -0.792. The molecule has 5 heteroatoms. The van der Waals surface area contributed by atoms with Crippen LogP contribution in [0.5, 0.6) is 0 Å². The van der Waals surface area contributed by atoms with Gasteiger partial charge in [0.1, 0.15) is 5.54 Å². The summed E-state index contributed by atoms with van der Waals surface area (Å²) in [6.45, 7) is 3.82. The highest BCUT2D eigenvalue weighted by Gasteiger charge is 2.44. The van der Waals surface area contributed by atoms with Gasteiger partial charge in [0.25, 0.3) is 0 Å². The fourth-order valence-corrected chi connectivity index (χ4v) is 2.94. The van der Waals surface area contributed by atoms with Gasteiger partial charge < -0.3 is 10.1 Å². The van der Waals surface area contributed by atoms with Gasteiger partial charge in [-0.15, -0.1) is 0 Å². The zero-order chi connectivity index (χ0) is 12.2. The Kier molecular flexibility index (Phi) is 4.65. The molecule has 1 aliphatic heterocycles. The van der Waals surface area contributed by atoms with Gasteiger partial charge in [-0.05, 0) is 18.6 Å². The minimum Gasteiger partial charge on any atom is -0.467 e. The summed E-state index contributed by atoms with van der Waals surface area (Å²) in [6.07, 6.45) is 1.43. The molecule has 0 unspecified atom stereocenters. The molecule has 0 spiro atoms. The van der Waals surface area contributed by atoms with E-state index in [1.54, 1.807) is 11.8 Å². The van der Waals surface area contributed by atoms with Crippen molar-refractivity contribution in [3.8, 4) is 0 Å². The third kappa shape index (κ3) is 2.70. The molecule has 92 valence electrons. The summed E-state index contributed by atoms with van der Waals surface area (Å²) in [5.41, 5.74) is -0.792. The van der Waals surface area contributed by atoms with Gasteiger partial charge in [-0.25, -0.2) is 4.79 Å². The lowest BCUT2D eigenvalue weighted by molar-refractivity contribution is -0.150. The molecule has 1 N–H and O–H groups in total. The van der Waals surface area contributed by atoms with Crippen LogP contribution in [0.4, 0.5) is 0 Å². The van der Waals surface area contributed by atoms with Gasteiger partial charge in [-0.2, -0.15) is 11.8 Å². The monoisotopic (exact) mass is 245 g/mol. The number of amides is 1. The van der Waals surface area contributed by atoms with Crippen LogP contribution in [-0.2, 0) is 14.3 Å². The maximum atomic E-state index is 11.8. The van der Waals surface area contributed by atoms with Crippen molar-refractivity contribution >= 4 is 23.6 Å². The van der Waals surface area contributed by atoms with Crippen molar-refractivity contribution < 1.29 is 14.3 Å². The molecule has 0 aromatic rings. The minimum absolute atomic E-state index is 0.0598. The number of thioether (sulfide) groups is 1. The van der Waals surface area contributed by atoms with Gasteiger partial charge in [-0.3, -0.25) is 4.79 Å². The SMILES string of the molecule is CC[C@@H](C)C(=O)N[C@@]1(C(=O)OC)CCSC1. The van der Waals surface area contributed by atoms with Crippen LogP contribution in [0.1, 0.15) is 26.7 Å². The highest BCUT2D eigenvalue weighted by Crippen LogP contribution is 2.29. The van der Waals surface area contributed by atoms with Crippen LogP contribution in [-0.4, -0.2) is 36.0 Å². The molecule has 1 heterocycles. The Morgan fingerprint density at radius 1 is 1.56 bits per heavy atom. The summed E-state index contributed by atoms with van der Waals surface area (Å²) >= 11 is 1.67. The Bertz CT molecular complexity index is 274. The molecule has 0 bridgehead atoms. The molecule has 4 nitrogen and oxygen atoms in total. The summed E-state index contributed by atoms with van der Waals surface area (Å²) in [4.78, 5) is 23.6. The summed E-state index contributed by atoms with van der Waals surface area (Å²) < 4.78 is 4.78. The molecule has 1 amide bonds. The molecule has 16 heavy (non-hydrogen) atoms. The van der Waals surface area contributed by atoms with Crippen LogP contribution >= 0.6 is 11.8 Å². The van der Waals surface area contributed by atoms with Crippen molar-refractivity contribution in [1.82, 2.24) is 5.32 Å². The Labute approximate surface area is 100 Å². The molecule has 0 aromatic heterocycles. The summed E-state index contributed by atoms with van der Waals surface area (Å²) in [5.74, 6) is 1.05. The summed E-state index contributed by atoms with van der Waals surface area (Å²) in [6, 6.07) is 0. The molecule has 0 saturated carbocycles. The van der Waals surface area contributed by atoms with Crippen molar-refractivity contribution in [2.75, 3.05) is 18.6 Å². The fraction of sp³-hybridized carbons (Fsp3) is 0.818. The van der Waals surface area contributed by atoms with Crippen LogP contribution in [0.2, 0.25) is 0 Å². The normalized spacial score (nSPS) is 26.2. The number of carbonyl (C=O) groups excluding carboxylic acids is 2. The quantitative estimate of drug-likeness (QED) is 0.756. The second-order valence-electron chi connectivity index (χ2n) is 4.17. The largest absolute Gasteiger partial charge is 0.467 e. The maximum absolute atomic E-state index is 11.8. The van der Waals surface area contributed by atoms with Crippen LogP contribution in [0.25, 0.3) is 0 Å². The first-order chi connectivity index (χ1) is 7.55. The molecule has 1 fully saturated rings. The molecule has 0 aliphatic carbocycles. The standard InChI is InChI=1S/C11H19NO3S/c1-4-8(2)9(13)12-11(10(14)15-3)5-6-16-7-11/h8H,4-7H2,1-3H3,(H,12,13)/t8-,11+/m1/s1. The highest BCUT2D eigenvalue weighted by molar-refractivity contribution is 7.99.